The Morgan fingerprint density at radius 2 is 1.06 bits per heavy atom. The van der Waals surface area contributed by atoms with Crippen LogP contribution in [0.1, 0.15) is 0 Å². The number of halogens is 1. The third-order valence-electron chi connectivity index (χ3n) is 2.84. The van der Waals surface area contributed by atoms with Crippen LogP contribution in [0.3, 0.4) is 0 Å². The molecule has 3 rings (SSSR count). The van der Waals surface area contributed by atoms with Gasteiger partial charge in [0.05, 0.1) is 0 Å². The average molecular weight is 336 g/mol. The highest BCUT2D eigenvalue weighted by molar-refractivity contribution is 14.1. The molecule has 0 aromatic heterocycles. The molecule has 0 atom stereocenters. The molecule has 0 spiro atoms. The fourth-order valence-electron chi connectivity index (χ4n) is 2.05. The quantitative estimate of drug-likeness (QED) is 0.337. The largest absolute Gasteiger partial charge is 0.142 e. The number of thiol groups is 1. The number of rotatable bonds is 0. The van der Waals surface area contributed by atoms with E-state index in [-0.39, 0.29) is 0 Å². The van der Waals surface area contributed by atoms with Gasteiger partial charge in [0.2, 0.25) is 0 Å². The van der Waals surface area contributed by atoms with Gasteiger partial charge in [-0.15, -0.1) is 12.6 Å². The Morgan fingerprint density at radius 3 is 1.50 bits per heavy atom. The molecule has 0 bridgehead atoms. The van der Waals surface area contributed by atoms with Crippen LogP contribution in [0.5, 0.6) is 0 Å². The molecule has 0 aliphatic rings. The summed E-state index contributed by atoms with van der Waals surface area (Å²) in [6, 6.07) is 16.9. The highest BCUT2D eigenvalue weighted by Crippen LogP contribution is 2.35. The molecule has 0 heterocycles. The molecular formula is C14H9IS. The van der Waals surface area contributed by atoms with Crippen molar-refractivity contribution in [3.05, 3.63) is 52.1 Å². The fourth-order valence-corrected chi connectivity index (χ4v) is 3.38. The van der Waals surface area contributed by atoms with Crippen LogP contribution in [0.15, 0.2) is 53.4 Å². The maximum atomic E-state index is 4.66. The maximum absolute atomic E-state index is 4.66. The first-order valence-corrected chi connectivity index (χ1v) is 6.59. The van der Waals surface area contributed by atoms with Crippen LogP contribution in [-0.2, 0) is 0 Å². The lowest BCUT2D eigenvalue weighted by molar-refractivity contribution is 1.61. The molecule has 0 saturated carbocycles. The molecular weight excluding hydrogens is 327 g/mol. The van der Waals surface area contributed by atoms with Crippen LogP contribution in [0.4, 0.5) is 0 Å². The zero-order valence-corrected chi connectivity index (χ0v) is 11.5. The highest BCUT2D eigenvalue weighted by atomic mass is 127. The summed E-state index contributed by atoms with van der Waals surface area (Å²) in [5, 5.41) is 5.03. The predicted molar refractivity (Wildman–Crippen MR) is 81.4 cm³/mol. The van der Waals surface area contributed by atoms with Crippen LogP contribution in [-0.4, -0.2) is 0 Å². The molecule has 0 unspecified atom stereocenters. The van der Waals surface area contributed by atoms with E-state index in [0.717, 1.165) is 4.90 Å². The second-order valence-electron chi connectivity index (χ2n) is 3.75. The number of fused-ring (bicyclic) bond motifs is 2. The van der Waals surface area contributed by atoms with Crippen molar-refractivity contribution in [2.45, 2.75) is 4.90 Å². The zero-order valence-electron chi connectivity index (χ0n) is 8.44. The van der Waals surface area contributed by atoms with E-state index in [0.29, 0.717) is 0 Å². The monoisotopic (exact) mass is 336 g/mol. The van der Waals surface area contributed by atoms with Crippen molar-refractivity contribution >= 4 is 56.8 Å². The molecule has 3 aromatic rings. The topological polar surface area (TPSA) is 0 Å². The minimum atomic E-state index is 1.08. The van der Waals surface area contributed by atoms with Crippen molar-refractivity contribution in [3.63, 3.8) is 0 Å². The minimum absolute atomic E-state index is 1.08. The predicted octanol–water partition coefficient (Wildman–Crippen LogP) is 4.89. The van der Waals surface area contributed by atoms with E-state index in [1.165, 1.54) is 25.1 Å². The smallest absolute Gasteiger partial charge is 0.0288 e. The maximum Gasteiger partial charge on any atom is 0.0288 e. The van der Waals surface area contributed by atoms with E-state index in [2.05, 4.69) is 83.8 Å². The van der Waals surface area contributed by atoms with E-state index in [9.17, 15) is 0 Å². The van der Waals surface area contributed by atoms with Crippen LogP contribution >= 0.6 is 35.2 Å². The Hall–Kier alpha value is -0.740. The van der Waals surface area contributed by atoms with Gasteiger partial charge in [0.25, 0.3) is 0 Å². The minimum Gasteiger partial charge on any atom is -0.142 e. The van der Waals surface area contributed by atoms with Gasteiger partial charge < -0.3 is 0 Å². The van der Waals surface area contributed by atoms with Gasteiger partial charge in [-0.25, -0.2) is 0 Å². The van der Waals surface area contributed by atoms with E-state index < -0.39 is 0 Å². The Kier molecular flexibility index (Phi) is 2.56. The molecule has 0 fully saturated rings. The third kappa shape index (κ3) is 1.44. The molecule has 0 amide bonds. The Labute approximate surface area is 113 Å². The van der Waals surface area contributed by atoms with Gasteiger partial charge in [0.1, 0.15) is 0 Å². The van der Waals surface area contributed by atoms with Crippen molar-refractivity contribution < 1.29 is 0 Å². The Morgan fingerprint density at radius 1 is 0.688 bits per heavy atom. The highest BCUT2D eigenvalue weighted by Gasteiger charge is 2.08. The first-order valence-electron chi connectivity index (χ1n) is 5.07. The van der Waals surface area contributed by atoms with Gasteiger partial charge in [-0.3, -0.25) is 0 Å². The van der Waals surface area contributed by atoms with Gasteiger partial charge in [-0.2, -0.15) is 0 Å². The standard InChI is InChI=1S/C14H9IS/c15-13-9-5-1-3-7-11(9)14(16)12-8-4-2-6-10(12)13/h1-8,16H. The van der Waals surface area contributed by atoms with Gasteiger partial charge in [-0.05, 0) is 44.1 Å². The summed E-state index contributed by atoms with van der Waals surface area (Å²) < 4.78 is 1.31. The molecule has 78 valence electrons. The van der Waals surface area contributed by atoms with Crippen LogP contribution in [0.2, 0.25) is 0 Å². The first kappa shape index (κ1) is 10.4. The summed E-state index contributed by atoms with van der Waals surface area (Å²) in [7, 11) is 0. The molecule has 2 heteroatoms. The number of hydrogen-bond acceptors (Lipinski definition) is 1. The van der Waals surface area contributed by atoms with Crippen LogP contribution in [0.25, 0.3) is 21.5 Å². The SMILES string of the molecule is Sc1c2ccccc2c(I)c2ccccc12. The zero-order chi connectivity index (χ0) is 11.1. The van der Waals surface area contributed by atoms with E-state index in [1.807, 2.05) is 0 Å². The summed E-state index contributed by atoms with van der Waals surface area (Å²) in [6.07, 6.45) is 0. The first-order chi connectivity index (χ1) is 7.79. The Bertz CT molecular complexity index is 572. The average Bonchev–Trinajstić information content (AvgIpc) is 2.36. The lowest BCUT2D eigenvalue weighted by atomic mass is 10.0. The van der Waals surface area contributed by atoms with Crippen molar-refractivity contribution in [2.24, 2.45) is 0 Å². The normalized spacial score (nSPS) is 11.1. The molecule has 16 heavy (non-hydrogen) atoms. The third-order valence-corrected chi connectivity index (χ3v) is 4.48. The molecule has 0 aliphatic carbocycles. The number of hydrogen-bond donors (Lipinski definition) is 1. The molecule has 0 saturated heterocycles. The van der Waals surface area contributed by atoms with Crippen molar-refractivity contribution in [3.8, 4) is 0 Å². The van der Waals surface area contributed by atoms with Crippen molar-refractivity contribution in [2.75, 3.05) is 0 Å². The van der Waals surface area contributed by atoms with E-state index >= 15 is 0 Å². The molecule has 0 nitrogen and oxygen atoms in total. The summed E-state index contributed by atoms with van der Waals surface area (Å²) >= 11 is 7.08. The Balaban J connectivity index is 2.67. The van der Waals surface area contributed by atoms with Crippen molar-refractivity contribution in [1.29, 1.82) is 0 Å². The summed E-state index contributed by atoms with van der Waals surface area (Å²) in [5.41, 5.74) is 0. The molecule has 0 N–H and O–H groups in total. The van der Waals surface area contributed by atoms with Gasteiger partial charge in [0, 0.05) is 8.47 Å². The van der Waals surface area contributed by atoms with Gasteiger partial charge in [0.15, 0.2) is 0 Å². The summed E-state index contributed by atoms with van der Waals surface area (Å²) in [6.45, 7) is 0. The van der Waals surface area contributed by atoms with Gasteiger partial charge in [-0.1, -0.05) is 48.5 Å². The van der Waals surface area contributed by atoms with Gasteiger partial charge >= 0.3 is 0 Å². The van der Waals surface area contributed by atoms with Crippen molar-refractivity contribution in [1.82, 2.24) is 0 Å². The van der Waals surface area contributed by atoms with Crippen LogP contribution < -0.4 is 0 Å². The van der Waals surface area contributed by atoms with Crippen LogP contribution in [0, 0.1) is 3.57 Å². The fraction of sp³-hybridized carbons (Fsp3) is 0. The molecule has 3 aromatic carbocycles. The summed E-state index contributed by atoms with van der Waals surface area (Å²) in [5.74, 6) is 0. The second kappa shape index (κ2) is 3.93. The number of benzene rings is 3. The second-order valence-corrected chi connectivity index (χ2v) is 5.28. The van der Waals surface area contributed by atoms with E-state index in [4.69, 9.17) is 0 Å². The summed E-state index contributed by atoms with van der Waals surface area (Å²) in [4.78, 5) is 1.08. The molecule has 0 aliphatic heterocycles. The lowest BCUT2D eigenvalue weighted by Crippen LogP contribution is -1.84. The lowest BCUT2D eigenvalue weighted by Gasteiger charge is -2.09. The van der Waals surface area contributed by atoms with E-state index in [1.54, 1.807) is 0 Å². The molecule has 0 radical (unpaired) electrons.